The zero-order chi connectivity index (χ0) is 7.56. The number of hydrogen-bond acceptors (Lipinski definition) is 2. The van der Waals surface area contributed by atoms with Crippen LogP contribution < -0.4 is 0 Å². The number of rotatable bonds is 0. The van der Waals surface area contributed by atoms with E-state index in [0.29, 0.717) is 0 Å². The fourth-order valence-electron chi connectivity index (χ4n) is 0.983. The van der Waals surface area contributed by atoms with Crippen LogP contribution in [0.4, 0.5) is 0 Å². The predicted molar refractivity (Wildman–Crippen MR) is 40.1 cm³/mol. The van der Waals surface area contributed by atoms with Crippen LogP contribution in [0.25, 0.3) is 0 Å². The minimum Gasteiger partial charge on any atom is -0.362 e. The molecule has 1 aliphatic rings. The van der Waals surface area contributed by atoms with Crippen molar-refractivity contribution in [2.75, 3.05) is 13.6 Å². The maximum Gasteiger partial charge on any atom is 0.117 e. The zero-order valence-electron chi connectivity index (χ0n) is 6.26. The van der Waals surface area contributed by atoms with Gasteiger partial charge in [-0.1, -0.05) is 11.6 Å². The molecular formula is C8H10N2. The highest BCUT2D eigenvalue weighted by Crippen LogP contribution is 2.10. The van der Waals surface area contributed by atoms with E-state index in [9.17, 15) is 0 Å². The molecule has 0 aliphatic carbocycles. The molecule has 0 amide bonds. The standard InChI is InChI=1S/C8H10N2/c1-7-3-4-8(5-9)10(2)6-7/h3-4H,6H2,1-2H3. The molecule has 1 heterocycles. The molecule has 2 heteroatoms. The first-order valence-corrected chi connectivity index (χ1v) is 3.22. The van der Waals surface area contributed by atoms with Gasteiger partial charge in [-0.2, -0.15) is 5.26 Å². The van der Waals surface area contributed by atoms with Gasteiger partial charge in [0.1, 0.15) is 11.8 Å². The van der Waals surface area contributed by atoms with Crippen LogP contribution in [0, 0.1) is 11.3 Å². The number of nitriles is 1. The smallest absolute Gasteiger partial charge is 0.117 e. The van der Waals surface area contributed by atoms with E-state index < -0.39 is 0 Å². The average Bonchev–Trinajstić information content (AvgIpc) is 1.88. The van der Waals surface area contributed by atoms with Crippen LogP contribution in [-0.2, 0) is 0 Å². The van der Waals surface area contributed by atoms with Gasteiger partial charge in [-0.25, -0.2) is 0 Å². The SMILES string of the molecule is CC1=CC=C(C#N)N(C)C1. The normalized spacial score (nSPS) is 17.5. The summed E-state index contributed by atoms with van der Waals surface area (Å²) in [6.07, 6.45) is 3.83. The van der Waals surface area contributed by atoms with Crippen molar-refractivity contribution in [3.8, 4) is 6.07 Å². The van der Waals surface area contributed by atoms with Gasteiger partial charge < -0.3 is 4.90 Å². The minimum atomic E-state index is 0.741. The lowest BCUT2D eigenvalue weighted by Crippen LogP contribution is -2.21. The Morgan fingerprint density at radius 3 is 2.80 bits per heavy atom. The Morgan fingerprint density at radius 1 is 1.60 bits per heavy atom. The number of hydrogen-bond donors (Lipinski definition) is 0. The summed E-state index contributed by atoms with van der Waals surface area (Å²) in [6.45, 7) is 2.93. The Kier molecular flexibility index (Phi) is 1.77. The Balaban J connectivity index is 2.84. The third kappa shape index (κ3) is 1.19. The van der Waals surface area contributed by atoms with Crippen molar-refractivity contribution in [1.82, 2.24) is 4.90 Å². The molecule has 2 nitrogen and oxygen atoms in total. The summed E-state index contributed by atoms with van der Waals surface area (Å²) in [5, 5.41) is 8.56. The summed E-state index contributed by atoms with van der Waals surface area (Å²) in [4.78, 5) is 1.94. The van der Waals surface area contributed by atoms with Gasteiger partial charge in [-0.05, 0) is 13.0 Å². The van der Waals surface area contributed by atoms with E-state index in [-0.39, 0.29) is 0 Å². The number of likely N-dealkylation sites (N-methyl/N-ethyl adjacent to an activating group) is 1. The third-order valence-electron chi connectivity index (χ3n) is 1.54. The summed E-state index contributed by atoms with van der Waals surface area (Å²) in [6, 6.07) is 2.12. The van der Waals surface area contributed by atoms with Crippen molar-refractivity contribution in [3.63, 3.8) is 0 Å². The van der Waals surface area contributed by atoms with Crippen molar-refractivity contribution in [1.29, 1.82) is 5.26 Å². The van der Waals surface area contributed by atoms with E-state index in [4.69, 9.17) is 5.26 Å². The van der Waals surface area contributed by atoms with Gasteiger partial charge in [0.05, 0.1) is 0 Å². The molecule has 0 saturated heterocycles. The highest BCUT2D eigenvalue weighted by Gasteiger charge is 2.06. The molecule has 0 aromatic rings. The van der Waals surface area contributed by atoms with Gasteiger partial charge in [-0.3, -0.25) is 0 Å². The van der Waals surface area contributed by atoms with Crippen LogP contribution >= 0.6 is 0 Å². The van der Waals surface area contributed by atoms with E-state index in [0.717, 1.165) is 12.2 Å². The highest BCUT2D eigenvalue weighted by atomic mass is 15.1. The molecule has 1 aliphatic heterocycles. The number of allylic oxidation sites excluding steroid dienone is 3. The topological polar surface area (TPSA) is 27.0 Å². The molecule has 0 atom stereocenters. The predicted octanol–water partition coefficient (Wildman–Crippen LogP) is 1.29. The van der Waals surface area contributed by atoms with Crippen molar-refractivity contribution < 1.29 is 0 Å². The van der Waals surface area contributed by atoms with E-state index in [1.54, 1.807) is 0 Å². The molecule has 1 rings (SSSR count). The Hall–Kier alpha value is -1.23. The second-order valence-corrected chi connectivity index (χ2v) is 2.53. The van der Waals surface area contributed by atoms with Gasteiger partial charge in [0.2, 0.25) is 0 Å². The van der Waals surface area contributed by atoms with Gasteiger partial charge >= 0.3 is 0 Å². The number of nitrogens with zero attached hydrogens (tertiary/aromatic N) is 2. The second kappa shape index (κ2) is 2.57. The first-order chi connectivity index (χ1) is 4.74. The molecule has 0 fully saturated rings. The molecule has 10 heavy (non-hydrogen) atoms. The third-order valence-corrected chi connectivity index (χ3v) is 1.54. The largest absolute Gasteiger partial charge is 0.362 e. The molecule has 0 saturated carbocycles. The first-order valence-electron chi connectivity index (χ1n) is 3.22. The maximum atomic E-state index is 8.56. The fraction of sp³-hybridized carbons (Fsp3) is 0.375. The van der Waals surface area contributed by atoms with E-state index in [2.05, 4.69) is 13.0 Å². The summed E-state index contributed by atoms with van der Waals surface area (Å²) < 4.78 is 0. The fourth-order valence-corrected chi connectivity index (χ4v) is 0.983. The lowest BCUT2D eigenvalue weighted by molar-refractivity contribution is 0.465. The lowest BCUT2D eigenvalue weighted by Gasteiger charge is -2.20. The van der Waals surface area contributed by atoms with Crippen molar-refractivity contribution >= 4 is 0 Å². The van der Waals surface area contributed by atoms with E-state index in [1.165, 1.54) is 5.57 Å². The quantitative estimate of drug-likeness (QED) is 0.499. The summed E-state index contributed by atoms with van der Waals surface area (Å²) in [7, 11) is 1.92. The lowest BCUT2D eigenvalue weighted by atomic mass is 10.2. The molecule has 52 valence electrons. The second-order valence-electron chi connectivity index (χ2n) is 2.53. The molecule has 0 unspecified atom stereocenters. The van der Waals surface area contributed by atoms with Crippen molar-refractivity contribution in [2.45, 2.75) is 6.92 Å². The molecule has 0 spiro atoms. The van der Waals surface area contributed by atoms with E-state index in [1.807, 2.05) is 24.1 Å². The van der Waals surface area contributed by atoms with Crippen molar-refractivity contribution in [3.05, 3.63) is 23.4 Å². The summed E-state index contributed by atoms with van der Waals surface area (Å²) in [5.74, 6) is 0. The molecule has 0 radical (unpaired) electrons. The molecule has 0 aromatic heterocycles. The van der Waals surface area contributed by atoms with Crippen LogP contribution in [-0.4, -0.2) is 18.5 Å². The molecule has 0 N–H and O–H groups in total. The first kappa shape index (κ1) is 6.88. The minimum absolute atomic E-state index is 0.741. The Morgan fingerprint density at radius 2 is 2.30 bits per heavy atom. The molecular weight excluding hydrogens is 124 g/mol. The van der Waals surface area contributed by atoms with Gasteiger partial charge in [0.15, 0.2) is 0 Å². The highest BCUT2D eigenvalue weighted by molar-refractivity contribution is 5.30. The van der Waals surface area contributed by atoms with Gasteiger partial charge in [0, 0.05) is 13.6 Å². The maximum absolute atomic E-state index is 8.56. The zero-order valence-corrected chi connectivity index (χ0v) is 6.26. The average molecular weight is 134 g/mol. The van der Waals surface area contributed by atoms with Crippen molar-refractivity contribution in [2.24, 2.45) is 0 Å². The van der Waals surface area contributed by atoms with Gasteiger partial charge in [-0.15, -0.1) is 0 Å². The molecule has 0 aromatic carbocycles. The molecule has 0 bridgehead atoms. The van der Waals surface area contributed by atoms with Crippen LogP contribution in [0.3, 0.4) is 0 Å². The Labute approximate surface area is 61.1 Å². The van der Waals surface area contributed by atoms with Crippen LogP contribution in [0.2, 0.25) is 0 Å². The van der Waals surface area contributed by atoms with Crippen LogP contribution in [0.15, 0.2) is 23.4 Å². The van der Waals surface area contributed by atoms with Crippen LogP contribution in [0.5, 0.6) is 0 Å². The van der Waals surface area contributed by atoms with E-state index >= 15 is 0 Å². The Bertz CT molecular complexity index is 230. The van der Waals surface area contributed by atoms with Crippen LogP contribution in [0.1, 0.15) is 6.92 Å². The summed E-state index contributed by atoms with van der Waals surface area (Å²) >= 11 is 0. The monoisotopic (exact) mass is 134 g/mol. The summed E-state index contributed by atoms with van der Waals surface area (Å²) in [5.41, 5.74) is 2.03. The van der Waals surface area contributed by atoms with Gasteiger partial charge in [0.25, 0.3) is 0 Å².